The molecule has 17 heavy (non-hydrogen) atoms. The molecule has 0 aromatic carbocycles. The average Bonchev–Trinajstić information content (AvgIpc) is 2.21. The molecule has 0 fully saturated rings. The molecule has 0 bridgehead atoms. The van der Waals surface area contributed by atoms with Crippen molar-refractivity contribution in [1.29, 1.82) is 5.26 Å². The standard InChI is InChI=1S/C9H8F3N3O2/c10-9(11,12)17-8-5(1-2-13)6(3-14)7(16)4-15-8/h4,16H,1,3,14H2. The molecule has 5 nitrogen and oxygen atoms in total. The van der Waals surface area contributed by atoms with Gasteiger partial charge in [-0.05, 0) is 0 Å². The summed E-state index contributed by atoms with van der Waals surface area (Å²) in [6.07, 6.45) is -4.51. The van der Waals surface area contributed by atoms with E-state index in [1.54, 1.807) is 6.07 Å². The van der Waals surface area contributed by atoms with Gasteiger partial charge < -0.3 is 15.6 Å². The van der Waals surface area contributed by atoms with Crippen LogP contribution in [-0.2, 0) is 13.0 Å². The van der Waals surface area contributed by atoms with E-state index in [9.17, 15) is 18.3 Å². The molecule has 0 radical (unpaired) electrons. The third-order valence-electron chi connectivity index (χ3n) is 1.91. The van der Waals surface area contributed by atoms with Crippen molar-refractivity contribution >= 4 is 0 Å². The number of hydrogen-bond acceptors (Lipinski definition) is 5. The predicted octanol–water partition coefficient (Wildman–Crippen LogP) is 1.21. The van der Waals surface area contributed by atoms with Crippen LogP contribution in [0.5, 0.6) is 11.6 Å². The number of nitrogens with zero attached hydrogens (tertiary/aromatic N) is 2. The van der Waals surface area contributed by atoms with Crippen LogP contribution in [0.1, 0.15) is 11.1 Å². The van der Waals surface area contributed by atoms with E-state index in [4.69, 9.17) is 11.0 Å². The summed E-state index contributed by atoms with van der Waals surface area (Å²) in [5.74, 6) is -1.13. The van der Waals surface area contributed by atoms with Crippen LogP contribution in [0.25, 0.3) is 0 Å². The lowest BCUT2D eigenvalue weighted by atomic mass is 10.1. The van der Waals surface area contributed by atoms with Crippen molar-refractivity contribution in [2.24, 2.45) is 5.73 Å². The molecule has 0 aliphatic carbocycles. The second kappa shape index (κ2) is 4.88. The van der Waals surface area contributed by atoms with Crippen molar-refractivity contribution in [3.8, 4) is 17.7 Å². The molecule has 1 aromatic heterocycles. The molecule has 0 aliphatic rings. The lowest BCUT2D eigenvalue weighted by Gasteiger charge is -2.14. The fraction of sp³-hybridized carbons (Fsp3) is 0.333. The minimum atomic E-state index is -4.92. The van der Waals surface area contributed by atoms with E-state index in [0.29, 0.717) is 0 Å². The molecule has 1 rings (SSSR count). The van der Waals surface area contributed by atoms with Crippen LogP contribution >= 0.6 is 0 Å². The molecule has 0 atom stereocenters. The van der Waals surface area contributed by atoms with E-state index >= 15 is 0 Å². The van der Waals surface area contributed by atoms with Crippen molar-refractivity contribution < 1.29 is 23.0 Å². The Morgan fingerprint density at radius 2 is 2.12 bits per heavy atom. The predicted molar refractivity (Wildman–Crippen MR) is 49.8 cm³/mol. The highest BCUT2D eigenvalue weighted by Gasteiger charge is 2.33. The second-order valence-electron chi connectivity index (χ2n) is 2.99. The number of hydrogen-bond donors (Lipinski definition) is 2. The van der Waals surface area contributed by atoms with E-state index in [-0.39, 0.29) is 29.8 Å². The van der Waals surface area contributed by atoms with E-state index in [1.807, 2.05) is 0 Å². The zero-order valence-corrected chi connectivity index (χ0v) is 8.45. The summed E-state index contributed by atoms with van der Waals surface area (Å²) in [6, 6.07) is 1.66. The maximum absolute atomic E-state index is 12.1. The monoisotopic (exact) mass is 247 g/mol. The number of aromatic hydroxyl groups is 1. The van der Waals surface area contributed by atoms with Gasteiger partial charge in [-0.1, -0.05) is 0 Å². The number of pyridine rings is 1. The first kappa shape index (κ1) is 13.1. The summed E-state index contributed by atoms with van der Waals surface area (Å²) in [5, 5.41) is 17.9. The summed E-state index contributed by atoms with van der Waals surface area (Å²) in [4.78, 5) is 3.29. The summed E-state index contributed by atoms with van der Waals surface area (Å²) in [7, 11) is 0. The quantitative estimate of drug-likeness (QED) is 0.837. The van der Waals surface area contributed by atoms with Gasteiger partial charge in [-0.15, -0.1) is 13.2 Å². The zero-order valence-electron chi connectivity index (χ0n) is 8.45. The Morgan fingerprint density at radius 1 is 1.47 bits per heavy atom. The van der Waals surface area contributed by atoms with Crippen LogP contribution in [0.15, 0.2) is 6.20 Å². The first-order valence-electron chi connectivity index (χ1n) is 4.41. The number of halogens is 3. The summed E-state index contributed by atoms with van der Waals surface area (Å²) >= 11 is 0. The lowest BCUT2D eigenvalue weighted by Crippen LogP contribution is -2.20. The zero-order chi connectivity index (χ0) is 13.1. The smallest absolute Gasteiger partial charge is 0.506 e. The molecule has 0 unspecified atom stereocenters. The Hall–Kier alpha value is -2.01. The molecule has 1 heterocycles. The Labute approximate surface area is 94.2 Å². The van der Waals surface area contributed by atoms with Crippen molar-refractivity contribution in [2.75, 3.05) is 0 Å². The van der Waals surface area contributed by atoms with Gasteiger partial charge in [-0.2, -0.15) is 5.26 Å². The Kier molecular flexibility index (Phi) is 3.75. The van der Waals surface area contributed by atoms with E-state index in [0.717, 1.165) is 6.20 Å². The highest BCUT2D eigenvalue weighted by Crippen LogP contribution is 2.30. The van der Waals surface area contributed by atoms with Crippen LogP contribution in [0.3, 0.4) is 0 Å². The molecule has 92 valence electrons. The topological polar surface area (TPSA) is 92.2 Å². The molecular formula is C9H8F3N3O2. The molecule has 0 saturated heterocycles. The third-order valence-corrected chi connectivity index (χ3v) is 1.91. The maximum Gasteiger partial charge on any atom is 0.574 e. The number of rotatable bonds is 3. The minimum absolute atomic E-state index is 0.0146. The van der Waals surface area contributed by atoms with Crippen LogP contribution in [0.4, 0.5) is 13.2 Å². The fourth-order valence-electron chi connectivity index (χ4n) is 1.25. The number of nitrogens with two attached hydrogens (primary N) is 1. The van der Waals surface area contributed by atoms with Crippen molar-refractivity contribution in [1.82, 2.24) is 4.98 Å². The average molecular weight is 247 g/mol. The van der Waals surface area contributed by atoms with Gasteiger partial charge in [0, 0.05) is 17.7 Å². The first-order chi connectivity index (χ1) is 7.89. The van der Waals surface area contributed by atoms with Crippen LogP contribution < -0.4 is 10.5 Å². The van der Waals surface area contributed by atoms with Gasteiger partial charge in [-0.25, -0.2) is 4.98 Å². The van der Waals surface area contributed by atoms with Gasteiger partial charge in [0.15, 0.2) is 0 Å². The van der Waals surface area contributed by atoms with Crippen LogP contribution in [-0.4, -0.2) is 16.5 Å². The summed E-state index contributed by atoms with van der Waals surface area (Å²) in [6.45, 7) is -0.223. The highest BCUT2D eigenvalue weighted by molar-refractivity contribution is 5.44. The van der Waals surface area contributed by atoms with Gasteiger partial charge in [-0.3, -0.25) is 0 Å². The van der Waals surface area contributed by atoms with Gasteiger partial charge in [0.05, 0.1) is 18.7 Å². The van der Waals surface area contributed by atoms with Crippen molar-refractivity contribution in [3.05, 3.63) is 17.3 Å². The van der Waals surface area contributed by atoms with Gasteiger partial charge in [0.2, 0.25) is 5.88 Å². The van der Waals surface area contributed by atoms with Crippen molar-refractivity contribution in [2.45, 2.75) is 19.3 Å². The minimum Gasteiger partial charge on any atom is -0.506 e. The second-order valence-corrected chi connectivity index (χ2v) is 2.99. The number of ether oxygens (including phenoxy) is 1. The first-order valence-corrected chi connectivity index (χ1v) is 4.41. The molecule has 8 heteroatoms. The van der Waals surface area contributed by atoms with Crippen LogP contribution in [0.2, 0.25) is 0 Å². The normalized spacial score (nSPS) is 11.0. The molecular weight excluding hydrogens is 239 g/mol. The third kappa shape index (κ3) is 3.22. The van der Waals surface area contributed by atoms with E-state index < -0.39 is 12.2 Å². The van der Waals surface area contributed by atoms with E-state index in [2.05, 4.69) is 9.72 Å². The van der Waals surface area contributed by atoms with Gasteiger partial charge in [0.25, 0.3) is 0 Å². The molecule has 0 spiro atoms. The summed E-state index contributed by atoms with van der Waals surface area (Å²) in [5.41, 5.74) is 5.14. The van der Waals surface area contributed by atoms with E-state index in [1.165, 1.54) is 0 Å². The molecule has 0 saturated carbocycles. The van der Waals surface area contributed by atoms with Gasteiger partial charge >= 0.3 is 6.36 Å². The number of aromatic nitrogens is 1. The highest BCUT2D eigenvalue weighted by atomic mass is 19.4. The Morgan fingerprint density at radius 3 is 2.59 bits per heavy atom. The maximum atomic E-state index is 12.1. The lowest BCUT2D eigenvalue weighted by molar-refractivity contribution is -0.276. The number of alkyl halides is 3. The SMILES string of the molecule is N#CCc1c(OC(F)(F)F)ncc(O)c1CN. The summed E-state index contributed by atoms with van der Waals surface area (Å²) < 4.78 is 39.8. The van der Waals surface area contributed by atoms with Crippen LogP contribution in [0, 0.1) is 11.3 Å². The fourth-order valence-corrected chi connectivity index (χ4v) is 1.25. The van der Waals surface area contributed by atoms with Gasteiger partial charge in [0.1, 0.15) is 5.75 Å². The molecule has 1 aromatic rings. The largest absolute Gasteiger partial charge is 0.574 e. The number of nitriles is 1. The Bertz CT molecular complexity index is 454. The Balaban J connectivity index is 3.26. The molecule has 0 amide bonds. The molecule has 0 aliphatic heterocycles. The van der Waals surface area contributed by atoms with Crippen molar-refractivity contribution in [3.63, 3.8) is 0 Å². The molecule has 3 N–H and O–H groups in total.